The summed E-state index contributed by atoms with van der Waals surface area (Å²) in [7, 11) is 0. The molecule has 0 bridgehead atoms. The van der Waals surface area contributed by atoms with Gasteiger partial charge >= 0.3 is 0 Å². The Labute approximate surface area is 206 Å². The normalized spacial score (nSPS) is 14.7. The van der Waals surface area contributed by atoms with Gasteiger partial charge in [-0.2, -0.15) is 10.5 Å². The summed E-state index contributed by atoms with van der Waals surface area (Å²) >= 11 is 3.53. The molecule has 1 aliphatic rings. The Morgan fingerprint density at radius 2 is 1.44 bits per heavy atom. The van der Waals surface area contributed by atoms with Crippen LogP contribution in [0.2, 0.25) is 0 Å². The lowest BCUT2D eigenvalue weighted by Gasteiger charge is -2.31. The van der Waals surface area contributed by atoms with Crippen molar-refractivity contribution in [3.8, 4) is 23.3 Å². The molecular formula is C29H19BrN4. The van der Waals surface area contributed by atoms with E-state index in [0.717, 1.165) is 37.9 Å². The van der Waals surface area contributed by atoms with Gasteiger partial charge in [0.1, 0.15) is 23.5 Å². The zero-order chi connectivity index (χ0) is 23.7. The Morgan fingerprint density at radius 3 is 2.03 bits per heavy atom. The Balaban J connectivity index is 1.90. The fourth-order valence-corrected chi connectivity index (χ4v) is 4.98. The number of fused-ring (bicyclic) bond motifs is 1. The molecule has 1 aromatic heterocycles. The molecule has 1 unspecified atom stereocenters. The van der Waals surface area contributed by atoms with E-state index in [9.17, 15) is 10.5 Å². The van der Waals surface area contributed by atoms with Crippen molar-refractivity contribution in [3.05, 3.63) is 117 Å². The molecule has 1 atom stereocenters. The van der Waals surface area contributed by atoms with Crippen LogP contribution < -0.4 is 5.73 Å². The van der Waals surface area contributed by atoms with Crippen LogP contribution in [0.1, 0.15) is 40.3 Å². The first-order valence-electron chi connectivity index (χ1n) is 10.9. The highest BCUT2D eigenvalue weighted by molar-refractivity contribution is 9.10. The minimum absolute atomic E-state index is 0.106. The van der Waals surface area contributed by atoms with Crippen LogP contribution in [-0.2, 0) is 0 Å². The van der Waals surface area contributed by atoms with Gasteiger partial charge in [-0.15, -0.1) is 0 Å². The molecule has 4 nitrogen and oxygen atoms in total. The zero-order valence-electron chi connectivity index (χ0n) is 18.2. The molecule has 0 saturated carbocycles. The molecule has 0 aliphatic heterocycles. The maximum Gasteiger partial charge on any atom is 0.142 e. The molecule has 5 rings (SSSR count). The van der Waals surface area contributed by atoms with Crippen molar-refractivity contribution in [2.75, 3.05) is 5.73 Å². The first-order chi connectivity index (χ1) is 16.6. The van der Waals surface area contributed by atoms with Crippen molar-refractivity contribution >= 4 is 32.9 Å². The largest absolute Gasteiger partial charge is 0.383 e. The molecule has 2 N–H and O–H groups in total. The van der Waals surface area contributed by atoms with Crippen molar-refractivity contribution in [1.29, 1.82) is 10.5 Å². The molecule has 0 radical (unpaired) electrons. The van der Waals surface area contributed by atoms with Gasteiger partial charge in [-0.05, 0) is 46.4 Å². The number of nitrogen functional groups attached to an aromatic ring is 1. The number of nitrogens with two attached hydrogens (primary N) is 1. The average Bonchev–Trinajstić information content (AvgIpc) is 2.88. The number of benzene rings is 3. The van der Waals surface area contributed by atoms with Gasteiger partial charge in [0, 0.05) is 16.0 Å². The van der Waals surface area contributed by atoms with E-state index in [1.165, 1.54) is 0 Å². The molecule has 4 aromatic rings. The Bertz CT molecular complexity index is 1490. The predicted octanol–water partition coefficient (Wildman–Crippen LogP) is 6.93. The SMILES string of the molecule is N#CC1=C(c2ccccc2)CC(c2ccc(Br)cc2)c2c1nc(N)c(C#N)c2-c1ccccc1. The highest BCUT2D eigenvalue weighted by atomic mass is 79.9. The van der Waals surface area contributed by atoms with Crippen molar-refractivity contribution in [2.45, 2.75) is 12.3 Å². The first kappa shape index (κ1) is 21.6. The maximum atomic E-state index is 10.3. The van der Waals surface area contributed by atoms with Crippen LogP contribution in [-0.4, -0.2) is 4.98 Å². The molecule has 162 valence electrons. The molecule has 0 amide bonds. The van der Waals surface area contributed by atoms with Gasteiger partial charge in [0.25, 0.3) is 0 Å². The molecule has 3 aromatic carbocycles. The molecule has 5 heteroatoms. The fourth-order valence-electron chi connectivity index (χ4n) is 4.72. The molecular weight excluding hydrogens is 484 g/mol. The topological polar surface area (TPSA) is 86.5 Å². The number of allylic oxidation sites excluding steroid dienone is 2. The second kappa shape index (κ2) is 8.98. The van der Waals surface area contributed by atoms with Crippen LogP contribution in [0.5, 0.6) is 0 Å². The number of anilines is 1. The van der Waals surface area contributed by atoms with Crippen LogP contribution in [0.25, 0.3) is 22.3 Å². The highest BCUT2D eigenvalue weighted by Gasteiger charge is 2.34. The van der Waals surface area contributed by atoms with Crippen molar-refractivity contribution in [2.24, 2.45) is 0 Å². The molecule has 1 heterocycles. The van der Waals surface area contributed by atoms with Gasteiger partial charge in [0.2, 0.25) is 0 Å². The average molecular weight is 503 g/mol. The molecule has 34 heavy (non-hydrogen) atoms. The molecule has 0 saturated heterocycles. The van der Waals surface area contributed by atoms with E-state index in [4.69, 9.17) is 5.73 Å². The zero-order valence-corrected chi connectivity index (χ0v) is 19.8. The van der Waals surface area contributed by atoms with Gasteiger partial charge in [-0.3, -0.25) is 0 Å². The van der Waals surface area contributed by atoms with E-state index in [-0.39, 0.29) is 11.7 Å². The van der Waals surface area contributed by atoms with Crippen LogP contribution in [0, 0.1) is 22.7 Å². The van der Waals surface area contributed by atoms with Gasteiger partial charge in [-0.25, -0.2) is 4.98 Å². The van der Waals surface area contributed by atoms with E-state index in [1.807, 2.05) is 72.8 Å². The summed E-state index contributed by atoms with van der Waals surface area (Å²) < 4.78 is 0.986. The maximum absolute atomic E-state index is 10.3. The quantitative estimate of drug-likeness (QED) is 0.328. The Hall–Kier alpha value is -4.19. The summed E-state index contributed by atoms with van der Waals surface area (Å²) in [4.78, 5) is 4.66. The van der Waals surface area contributed by atoms with Crippen molar-refractivity contribution in [3.63, 3.8) is 0 Å². The second-order valence-electron chi connectivity index (χ2n) is 8.13. The number of aromatic nitrogens is 1. The fraction of sp³-hybridized carbons (Fsp3) is 0.0690. The second-order valence-corrected chi connectivity index (χ2v) is 9.04. The van der Waals surface area contributed by atoms with Gasteiger partial charge in [0.15, 0.2) is 0 Å². The third kappa shape index (κ3) is 3.67. The molecule has 1 aliphatic carbocycles. The Kier molecular flexibility index (Phi) is 5.72. The number of nitrogens with zero attached hydrogens (tertiary/aromatic N) is 3. The van der Waals surface area contributed by atoms with E-state index < -0.39 is 0 Å². The molecule has 0 fully saturated rings. The number of pyridine rings is 1. The number of rotatable bonds is 3. The number of halogens is 1. The lowest BCUT2D eigenvalue weighted by molar-refractivity contribution is 0.821. The Morgan fingerprint density at radius 1 is 0.824 bits per heavy atom. The van der Waals surface area contributed by atoms with Gasteiger partial charge < -0.3 is 5.73 Å². The number of hydrogen-bond acceptors (Lipinski definition) is 4. The lowest BCUT2D eigenvalue weighted by atomic mass is 9.73. The summed E-state index contributed by atoms with van der Waals surface area (Å²) in [5.41, 5.74) is 13.2. The summed E-state index contributed by atoms with van der Waals surface area (Å²) in [5.74, 6) is 0.0301. The minimum atomic E-state index is -0.106. The third-order valence-corrected chi connectivity index (χ3v) is 6.77. The standard InChI is InChI=1S/C29H19BrN4/c30-21-13-11-19(12-14-21)23-15-22(18-7-3-1-4-8-18)24(16-31)28-27(23)26(20-9-5-2-6-10-20)25(17-32)29(33)34-28/h1-14,23H,15H2,(H2,33,34). The highest BCUT2D eigenvalue weighted by Crippen LogP contribution is 2.50. The summed E-state index contributed by atoms with van der Waals surface area (Å²) in [6.45, 7) is 0. The van der Waals surface area contributed by atoms with Gasteiger partial charge in [0.05, 0.1) is 11.3 Å². The smallest absolute Gasteiger partial charge is 0.142 e. The molecule has 0 spiro atoms. The number of nitriles is 2. The lowest BCUT2D eigenvalue weighted by Crippen LogP contribution is -2.17. The summed E-state index contributed by atoms with van der Waals surface area (Å²) in [6.07, 6.45) is 0.609. The van der Waals surface area contributed by atoms with Crippen LogP contribution in [0.15, 0.2) is 89.4 Å². The van der Waals surface area contributed by atoms with Crippen molar-refractivity contribution < 1.29 is 0 Å². The number of hydrogen-bond donors (Lipinski definition) is 1. The van der Waals surface area contributed by atoms with Crippen molar-refractivity contribution in [1.82, 2.24) is 4.98 Å². The monoisotopic (exact) mass is 502 g/mol. The van der Waals surface area contributed by atoms with E-state index in [0.29, 0.717) is 23.3 Å². The first-order valence-corrected chi connectivity index (χ1v) is 11.6. The van der Waals surface area contributed by atoms with E-state index in [2.05, 4.69) is 45.2 Å². The third-order valence-electron chi connectivity index (χ3n) is 6.24. The summed E-state index contributed by atoms with van der Waals surface area (Å²) in [6, 6.07) is 32.5. The van der Waals surface area contributed by atoms with Crippen LogP contribution in [0.4, 0.5) is 5.82 Å². The summed E-state index contributed by atoms with van der Waals surface area (Å²) in [5, 5.41) is 20.3. The van der Waals surface area contributed by atoms with Crippen LogP contribution >= 0.6 is 15.9 Å². The van der Waals surface area contributed by atoms with Gasteiger partial charge in [-0.1, -0.05) is 88.7 Å². The van der Waals surface area contributed by atoms with Crippen LogP contribution in [0.3, 0.4) is 0 Å². The van der Waals surface area contributed by atoms with E-state index >= 15 is 0 Å². The van der Waals surface area contributed by atoms with E-state index in [1.54, 1.807) is 0 Å². The minimum Gasteiger partial charge on any atom is -0.383 e. The predicted molar refractivity (Wildman–Crippen MR) is 138 cm³/mol.